The van der Waals surface area contributed by atoms with E-state index in [-0.39, 0.29) is 18.1 Å². The number of amides is 1. The van der Waals surface area contributed by atoms with Crippen molar-refractivity contribution in [2.75, 3.05) is 26.2 Å². The molecule has 3 rings (SSSR count). The van der Waals surface area contributed by atoms with Gasteiger partial charge in [0.15, 0.2) is 0 Å². The zero-order valence-corrected chi connectivity index (χ0v) is 17.3. The number of allylic oxidation sites excluding steroid dienone is 1. The van der Waals surface area contributed by atoms with Crippen LogP contribution in [0.4, 0.5) is 4.39 Å². The van der Waals surface area contributed by atoms with Gasteiger partial charge in [-0.1, -0.05) is 38.1 Å². The Balaban J connectivity index is 1.46. The van der Waals surface area contributed by atoms with Crippen molar-refractivity contribution in [2.24, 2.45) is 5.92 Å². The van der Waals surface area contributed by atoms with Gasteiger partial charge in [-0.2, -0.15) is 0 Å². The van der Waals surface area contributed by atoms with Gasteiger partial charge in [-0.3, -0.25) is 9.69 Å². The molecule has 0 aliphatic carbocycles. The van der Waals surface area contributed by atoms with E-state index in [2.05, 4.69) is 51.0 Å². The Morgan fingerprint density at radius 3 is 2.76 bits per heavy atom. The third kappa shape index (κ3) is 6.49. The molecular weight excluding hydrogens is 369 g/mol. The first kappa shape index (κ1) is 21.2. The van der Waals surface area contributed by atoms with Crippen molar-refractivity contribution in [3.63, 3.8) is 0 Å². The number of halogens is 1. The number of fused-ring (bicyclic) bond motifs is 1. The van der Waals surface area contributed by atoms with Crippen LogP contribution in [0.5, 0.6) is 0 Å². The molecule has 0 unspecified atom stereocenters. The van der Waals surface area contributed by atoms with Crippen LogP contribution in [0.15, 0.2) is 36.4 Å². The second kappa shape index (κ2) is 10.3. The lowest BCUT2D eigenvalue weighted by Gasteiger charge is -2.17. The number of hydrogen-bond acceptors (Lipinski definition) is 4. The maximum Gasteiger partial charge on any atom is 0.224 e. The number of hydrogen-bond donors (Lipinski definition) is 1. The molecule has 2 heterocycles. The molecule has 1 aliphatic rings. The van der Waals surface area contributed by atoms with Gasteiger partial charge in [-0.15, -0.1) is 10.2 Å². The molecule has 6 nitrogen and oxygen atoms in total. The van der Waals surface area contributed by atoms with Crippen LogP contribution in [0.2, 0.25) is 0 Å². The van der Waals surface area contributed by atoms with E-state index in [9.17, 15) is 9.18 Å². The largest absolute Gasteiger partial charge is 0.355 e. The molecule has 1 aromatic carbocycles. The van der Waals surface area contributed by atoms with Crippen LogP contribution in [-0.4, -0.2) is 51.8 Å². The molecule has 1 N–H and O–H groups in total. The summed E-state index contributed by atoms with van der Waals surface area (Å²) in [6.07, 6.45) is 6.27. The normalized spacial score (nSPS) is 14.9. The Kier molecular flexibility index (Phi) is 7.52. The lowest BCUT2D eigenvalue weighted by atomic mass is 10.1. The van der Waals surface area contributed by atoms with Crippen molar-refractivity contribution < 1.29 is 9.18 Å². The molecule has 0 bridgehead atoms. The fourth-order valence-corrected chi connectivity index (χ4v) is 3.44. The quantitative estimate of drug-likeness (QED) is 0.693. The van der Waals surface area contributed by atoms with Gasteiger partial charge in [0.2, 0.25) is 5.91 Å². The Labute approximate surface area is 171 Å². The number of carbonyl (C=O) groups excluding carboxylic acids is 1. The van der Waals surface area contributed by atoms with Gasteiger partial charge in [-0.25, -0.2) is 4.39 Å². The molecule has 0 atom stereocenters. The van der Waals surface area contributed by atoms with Crippen LogP contribution < -0.4 is 5.32 Å². The number of nitrogens with one attached hydrogen (secondary N) is 1. The highest BCUT2D eigenvalue weighted by atomic mass is 19.1. The monoisotopic (exact) mass is 399 g/mol. The van der Waals surface area contributed by atoms with Gasteiger partial charge < -0.3 is 9.88 Å². The first-order chi connectivity index (χ1) is 14.0. The van der Waals surface area contributed by atoms with Crippen LogP contribution >= 0.6 is 0 Å². The number of rotatable bonds is 8. The zero-order valence-electron chi connectivity index (χ0n) is 17.3. The lowest BCUT2D eigenvalue weighted by Crippen LogP contribution is -2.29. The minimum absolute atomic E-state index is 0.0738. The van der Waals surface area contributed by atoms with E-state index in [0.717, 1.165) is 49.8 Å². The van der Waals surface area contributed by atoms with Crippen molar-refractivity contribution in [1.82, 2.24) is 25.0 Å². The second-order valence-electron chi connectivity index (χ2n) is 7.81. The molecule has 0 fully saturated rings. The van der Waals surface area contributed by atoms with Crippen LogP contribution in [-0.2, 0) is 30.6 Å². The van der Waals surface area contributed by atoms with Gasteiger partial charge in [-0.05, 0) is 23.6 Å². The van der Waals surface area contributed by atoms with E-state index < -0.39 is 0 Å². The van der Waals surface area contributed by atoms with E-state index in [1.807, 2.05) is 0 Å². The van der Waals surface area contributed by atoms with E-state index in [1.54, 1.807) is 12.1 Å². The molecule has 7 heteroatoms. The molecular formula is C22H30FN5O. The highest BCUT2D eigenvalue weighted by molar-refractivity contribution is 5.78. The van der Waals surface area contributed by atoms with Crippen molar-refractivity contribution in [3.05, 3.63) is 59.4 Å². The molecule has 0 spiro atoms. The number of aromatic nitrogens is 3. The summed E-state index contributed by atoms with van der Waals surface area (Å²) in [6, 6.07) is 6.01. The molecule has 0 radical (unpaired) electrons. The SMILES string of the molecule is CC(C)/C=C/CN1CCc2nnc(CCNC(=O)Cc3ccc(F)cc3)n2CC1. The van der Waals surface area contributed by atoms with Crippen molar-refractivity contribution in [2.45, 2.75) is 39.7 Å². The number of benzene rings is 1. The van der Waals surface area contributed by atoms with Gasteiger partial charge in [0, 0.05) is 45.6 Å². The van der Waals surface area contributed by atoms with E-state index in [0.29, 0.717) is 18.9 Å². The predicted molar refractivity (Wildman–Crippen MR) is 111 cm³/mol. The summed E-state index contributed by atoms with van der Waals surface area (Å²) in [5.74, 6) is 2.15. The summed E-state index contributed by atoms with van der Waals surface area (Å²) in [7, 11) is 0. The Hall–Kier alpha value is -2.54. The molecule has 29 heavy (non-hydrogen) atoms. The topological polar surface area (TPSA) is 63.1 Å². The van der Waals surface area contributed by atoms with E-state index in [1.165, 1.54) is 12.1 Å². The maximum atomic E-state index is 12.9. The van der Waals surface area contributed by atoms with Crippen LogP contribution in [0.3, 0.4) is 0 Å². The molecule has 2 aromatic rings. The van der Waals surface area contributed by atoms with E-state index in [4.69, 9.17) is 0 Å². The van der Waals surface area contributed by atoms with Crippen molar-refractivity contribution in [1.29, 1.82) is 0 Å². The van der Waals surface area contributed by atoms with Gasteiger partial charge in [0.1, 0.15) is 17.5 Å². The smallest absolute Gasteiger partial charge is 0.224 e. The van der Waals surface area contributed by atoms with Crippen molar-refractivity contribution >= 4 is 5.91 Å². The Morgan fingerprint density at radius 1 is 1.21 bits per heavy atom. The zero-order chi connectivity index (χ0) is 20.6. The van der Waals surface area contributed by atoms with Crippen LogP contribution in [0, 0.1) is 11.7 Å². The average Bonchev–Trinajstić information content (AvgIpc) is 2.95. The molecule has 0 saturated heterocycles. The Morgan fingerprint density at radius 2 is 2.00 bits per heavy atom. The van der Waals surface area contributed by atoms with Crippen LogP contribution in [0.25, 0.3) is 0 Å². The van der Waals surface area contributed by atoms with Crippen LogP contribution in [0.1, 0.15) is 31.1 Å². The maximum absolute atomic E-state index is 12.9. The minimum atomic E-state index is -0.295. The van der Waals surface area contributed by atoms with Crippen molar-refractivity contribution in [3.8, 4) is 0 Å². The first-order valence-electron chi connectivity index (χ1n) is 10.3. The van der Waals surface area contributed by atoms with Gasteiger partial charge in [0.05, 0.1) is 6.42 Å². The lowest BCUT2D eigenvalue weighted by molar-refractivity contribution is -0.120. The Bertz CT molecular complexity index is 828. The summed E-state index contributed by atoms with van der Waals surface area (Å²) in [5, 5.41) is 11.6. The molecule has 0 saturated carbocycles. The second-order valence-corrected chi connectivity index (χ2v) is 7.81. The van der Waals surface area contributed by atoms with E-state index >= 15 is 0 Å². The average molecular weight is 400 g/mol. The standard InChI is InChI=1S/C22H30FN5O/c1-17(2)4-3-12-27-13-10-21-26-25-20(28(21)15-14-27)9-11-24-22(29)16-18-5-7-19(23)8-6-18/h3-8,17H,9-16H2,1-2H3,(H,24,29)/b4-3+. The summed E-state index contributed by atoms with van der Waals surface area (Å²) in [5.41, 5.74) is 0.798. The molecule has 1 aromatic heterocycles. The predicted octanol–water partition coefficient (Wildman–Crippen LogP) is 2.39. The fourth-order valence-electron chi connectivity index (χ4n) is 3.44. The number of carbonyl (C=O) groups is 1. The molecule has 156 valence electrons. The third-order valence-electron chi connectivity index (χ3n) is 5.03. The highest BCUT2D eigenvalue weighted by Crippen LogP contribution is 2.10. The number of nitrogens with zero attached hydrogens (tertiary/aromatic N) is 4. The first-order valence-corrected chi connectivity index (χ1v) is 10.3. The third-order valence-corrected chi connectivity index (χ3v) is 5.03. The summed E-state index contributed by atoms with van der Waals surface area (Å²) >= 11 is 0. The van der Waals surface area contributed by atoms with Gasteiger partial charge >= 0.3 is 0 Å². The summed E-state index contributed by atoms with van der Waals surface area (Å²) in [4.78, 5) is 14.5. The fraction of sp³-hybridized carbons (Fsp3) is 0.500. The molecule has 1 amide bonds. The summed E-state index contributed by atoms with van der Waals surface area (Å²) < 4.78 is 15.1. The molecule has 1 aliphatic heterocycles. The highest BCUT2D eigenvalue weighted by Gasteiger charge is 2.18. The minimum Gasteiger partial charge on any atom is -0.355 e. The van der Waals surface area contributed by atoms with Gasteiger partial charge in [0.25, 0.3) is 0 Å². The summed E-state index contributed by atoms with van der Waals surface area (Å²) in [6.45, 7) is 8.67.